The van der Waals surface area contributed by atoms with Crippen LogP contribution in [0.3, 0.4) is 0 Å². The molecule has 2 amide bonds. The second-order valence-corrected chi connectivity index (χ2v) is 12.7. The molecule has 3 aliphatic carbocycles. The molecule has 0 radical (unpaired) electrons. The molecule has 2 bridgehead atoms. The summed E-state index contributed by atoms with van der Waals surface area (Å²) in [6.45, 7) is 3.72. The van der Waals surface area contributed by atoms with E-state index in [0.717, 1.165) is 37.3 Å². The molecule has 5 nitrogen and oxygen atoms in total. The van der Waals surface area contributed by atoms with Crippen molar-refractivity contribution in [3.05, 3.63) is 142 Å². The van der Waals surface area contributed by atoms with Gasteiger partial charge in [-0.25, -0.2) is 8.78 Å². The molecule has 7 heteroatoms. The summed E-state index contributed by atoms with van der Waals surface area (Å²) in [6, 6.07) is 29.4. The minimum atomic E-state index is -0.382. The van der Waals surface area contributed by atoms with Gasteiger partial charge in [-0.3, -0.25) is 24.3 Å². The van der Waals surface area contributed by atoms with E-state index in [1.807, 2.05) is 24.3 Å². The molecule has 5 aliphatic rings. The number of imide groups is 1. The lowest BCUT2D eigenvalue weighted by Gasteiger charge is -2.45. The fraction of sp³-hybridized carbons (Fsp3) is 0.282. The topological polar surface area (TPSA) is 43.9 Å². The van der Waals surface area contributed by atoms with Crippen LogP contribution in [-0.4, -0.2) is 65.8 Å². The van der Waals surface area contributed by atoms with Gasteiger partial charge in [0, 0.05) is 38.0 Å². The summed E-state index contributed by atoms with van der Waals surface area (Å²) in [5.41, 5.74) is 6.59. The van der Waals surface area contributed by atoms with Gasteiger partial charge in [0.05, 0.1) is 31.0 Å². The van der Waals surface area contributed by atoms with Gasteiger partial charge in [0.2, 0.25) is 11.8 Å². The number of hydrogen-bond acceptors (Lipinski definition) is 4. The highest BCUT2D eigenvalue weighted by Gasteiger charge is 2.61. The number of likely N-dealkylation sites (tertiary alicyclic amines) is 1. The van der Waals surface area contributed by atoms with E-state index >= 15 is 0 Å². The van der Waals surface area contributed by atoms with Crippen molar-refractivity contribution in [3.63, 3.8) is 0 Å². The van der Waals surface area contributed by atoms with Gasteiger partial charge in [-0.15, -0.1) is 0 Å². The zero-order chi connectivity index (χ0) is 31.4. The third kappa shape index (κ3) is 4.76. The Morgan fingerprint density at radius 1 is 0.587 bits per heavy atom. The van der Waals surface area contributed by atoms with Crippen LogP contribution in [0.4, 0.5) is 8.78 Å². The number of rotatable bonds is 5. The number of halogens is 2. The maximum absolute atomic E-state index is 13.8. The van der Waals surface area contributed by atoms with E-state index in [1.54, 1.807) is 24.3 Å². The predicted molar refractivity (Wildman–Crippen MR) is 171 cm³/mol. The number of piperazine rings is 1. The lowest BCUT2D eigenvalue weighted by molar-refractivity contribution is -0.139. The van der Waals surface area contributed by atoms with E-state index in [4.69, 9.17) is 0 Å². The molecule has 2 heterocycles. The van der Waals surface area contributed by atoms with Crippen LogP contribution >= 0.6 is 0 Å². The second-order valence-electron chi connectivity index (χ2n) is 12.7. The number of nitrogens with zero attached hydrogens (tertiary/aromatic N) is 3. The molecule has 0 aromatic heterocycles. The van der Waals surface area contributed by atoms with Crippen molar-refractivity contribution in [1.29, 1.82) is 0 Å². The van der Waals surface area contributed by atoms with Crippen molar-refractivity contribution >= 4 is 11.8 Å². The lowest BCUT2D eigenvalue weighted by atomic mass is 9.55. The SMILES string of the molecule is O=C1[C@@H]2C3c4ccccc4C(c4ccccc43)[C@@H]2C(=O)N1CC#CCN1CCN(C(c2ccc(F)cc2)c2ccc(F)cc2)CC1. The first-order valence-electron chi connectivity index (χ1n) is 16.0. The van der Waals surface area contributed by atoms with Crippen LogP contribution < -0.4 is 0 Å². The Kier molecular flexibility index (Phi) is 7.28. The zero-order valence-electron chi connectivity index (χ0n) is 25.3. The highest BCUT2D eigenvalue weighted by Crippen LogP contribution is 2.60. The number of amides is 2. The number of carbonyl (C=O) groups is 2. The van der Waals surface area contributed by atoms with Gasteiger partial charge >= 0.3 is 0 Å². The third-order valence-corrected chi connectivity index (χ3v) is 10.3. The average molecular weight is 614 g/mol. The van der Waals surface area contributed by atoms with Gasteiger partial charge in [-0.05, 0) is 57.6 Å². The summed E-state index contributed by atoms with van der Waals surface area (Å²) >= 11 is 0. The largest absolute Gasteiger partial charge is 0.290 e. The van der Waals surface area contributed by atoms with Crippen LogP contribution in [-0.2, 0) is 9.59 Å². The smallest absolute Gasteiger partial charge is 0.234 e. The van der Waals surface area contributed by atoms with Crippen LogP contribution in [0.5, 0.6) is 0 Å². The Morgan fingerprint density at radius 2 is 1.00 bits per heavy atom. The molecule has 2 atom stereocenters. The Balaban J connectivity index is 0.935. The Hall–Kier alpha value is -4.64. The third-order valence-electron chi connectivity index (χ3n) is 10.3. The summed E-state index contributed by atoms with van der Waals surface area (Å²) in [6.07, 6.45) is 0. The summed E-state index contributed by atoms with van der Waals surface area (Å²) in [5.74, 6) is 4.59. The maximum Gasteiger partial charge on any atom is 0.234 e. The van der Waals surface area contributed by atoms with Crippen LogP contribution in [0.15, 0.2) is 97.1 Å². The number of hydrogen-bond donors (Lipinski definition) is 0. The van der Waals surface area contributed by atoms with Crippen molar-refractivity contribution in [1.82, 2.24) is 14.7 Å². The Bertz CT molecular complexity index is 1710. The molecule has 0 unspecified atom stereocenters. The molecule has 4 aromatic rings. The van der Waals surface area contributed by atoms with Crippen molar-refractivity contribution < 1.29 is 18.4 Å². The minimum absolute atomic E-state index is 0.105. The fourth-order valence-electron chi connectivity index (χ4n) is 8.28. The zero-order valence-corrected chi connectivity index (χ0v) is 25.3. The molecule has 0 N–H and O–H groups in total. The summed E-state index contributed by atoms with van der Waals surface area (Å²) in [5, 5.41) is 0. The molecule has 0 spiro atoms. The van der Waals surface area contributed by atoms with Gasteiger partial charge < -0.3 is 0 Å². The van der Waals surface area contributed by atoms with Gasteiger partial charge in [0.1, 0.15) is 11.6 Å². The Morgan fingerprint density at radius 3 is 1.43 bits per heavy atom. The molecule has 2 fully saturated rings. The Labute approximate surface area is 267 Å². The lowest BCUT2D eigenvalue weighted by Crippen LogP contribution is -2.47. The average Bonchev–Trinajstić information content (AvgIpc) is 3.34. The minimum Gasteiger partial charge on any atom is -0.290 e. The van der Waals surface area contributed by atoms with Gasteiger partial charge in [0.25, 0.3) is 0 Å². The highest BCUT2D eigenvalue weighted by molar-refractivity contribution is 6.08. The molecule has 9 rings (SSSR count). The van der Waals surface area contributed by atoms with Gasteiger partial charge in [-0.2, -0.15) is 0 Å². The predicted octanol–water partition coefficient (Wildman–Crippen LogP) is 5.57. The van der Waals surface area contributed by atoms with Crippen molar-refractivity contribution in [2.75, 3.05) is 39.3 Å². The van der Waals surface area contributed by atoms with E-state index in [2.05, 4.69) is 45.9 Å². The van der Waals surface area contributed by atoms with E-state index in [0.29, 0.717) is 6.54 Å². The van der Waals surface area contributed by atoms with Crippen molar-refractivity contribution in [3.8, 4) is 11.8 Å². The normalized spacial score (nSPS) is 23.6. The quantitative estimate of drug-likeness (QED) is 0.218. The van der Waals surface area contributed by atoms with Crippen LogP contribution in [0.25, 0.3) is 0 Å². The summed E-state index contributed by atoms with van der Waals surface area (Å²) in [4.78, 5) is 33.6. The van der Waals surface area contributed by atoms with E-state index in [1.165, 1.54) is 51.4 Å². The van der Waals surface area contributed by atoms with Crippen molar-refractivity contribution in [2.45, 2.75) is 17.9 Å². The number of carbonyl (C=O) groups excluding carboxylic acids is 2. The molecule has 230 valence electrons. The highest BCUT2D eigenvalue weighted by atomic mass is 19.1. The standard InChI is InChI=1S/C39H33F2N3O2/c40-27-15-11-25(12-16-27)37(26-13-17-28(41)18-14-26)43-23-21-42(22-24-43)19-5-6-20-44-38(45)35-33-29-7-1-2-8-30(29)34(36(35)39(44)46)32-10-4-3-9-31(32)33/h1-4,7-18,33-37H,19-24H2/t33?,34?,35-,36+. The van der Waals surface area contributed by atoms with Crippen LogP contribution in [0.1, 0.15) is 51.3 Å². The molecule has 46 heavy (non-hydrogen) atoms. The monoisotopic (exact) mass is 613 g/mol. The first kappa shape index (κ1) is 28.8. The van der Waals surface area contributed by atoms with Crippen molar-refractivity contribution in [2.24, 2.45) is 11.8 Å². The van der Waals surface area contributed by atoms with E-state index in [9.17, 15) is 18.4 Å². The van der Waals surface area contributed by atoms with Crippen LogP contribution in [0, 0.1) is 35.3 Å². The molecule has 4 aromatic carbocycles. The first-order valence-corrected chi connectivity index (χ1v) is 16.0. The van der Waals surface area contributed by atoms with E-state index in [-0.39, 0.29) is 59.7 Å². The summed E-state index contributed by atoms with van der Waals surface area (Å²) in [7, 11) is 0. The second kappa shape index (κ2) is 11.6. The molecular formula is C39H33F2N3O2. The van der Waals surface area contributed by atoms with Gasteiger partial charge in [0.15, 0.2) is 0 Å². The maximum atomic E-state index is 13.8. The van der Waals surface area contributed by atoms with Gasteiger partial charge in [-0.1, -0.05) is 84.6 Å². The first-order chi connectivity index (χ1) is 22.5. The fourth-order valence-corrected chi connectivity index (χ4v) is 8.28. The molecule has 2 aliphatic heterocycles. The number of benzene rings is 4. The van der Waals surface area contributed by atoms with Crippen LogP contribution in [0.2, 0.25) is 0 Å². The molecule has 2 saturated heterocycles. The van der Waals surface area contributed by atoms with E-state index < -0.39 is 0 Å². The molecular weight excluding hydrogens is 580 g/mol. The summed E-state index contributed by atoms with van der Waals surface area (Å²) < 4.78 is 27.4. The molecule has 0 saturated carbocycles.